The summed E-state index contributed by atoms with van der Waals surface area (Å²) in [5, 5.41) is 1.27. The maximum absolute atomic E-state index is 16.5. The average Bonchev–Trinajstić information content (AvgIpc) is 0.683. The zero-order chi connectivity index (χ0) is 59.1. The van der Waals surface area contributed by atoms with Gasteiger partial charge in [0, 0.05) is 74.6 Å². The van der Waals surface area contributed by atoms with Crippen LogP contribution in [0.15, 0.2) is 278 Å². The molecular formula is C81H47B4N3O3. The Balaban J connectivity index is 0.804. The molecular weight excluding hydrogens is 1110 g/mol. The normalized spacial score (nSPS) is 16.0. The van der Waals surface area contributed by atoms with Gasteiger partial charge in [-0.2, -0.15) is 0 Å². The molecule has 2 atom stereocenters. The molecule has 10 heteroatoms. The van der Waals surface area contributed by atoms with E-state index in [1.165, 1.54) is 99.8 Å². The van der Waals surface area contributed by atoms with E-state index in [1.807, 2.05) is 0 Å². The molecule has 0 saturated heterocycles. The van der Waals surface area contributed by atoms with Gasteiger partial charge < -0.3 is 23.8 Å². The summed E-state index contributed by atoms with van der Waals surface area (Å²) >= 11 is 0. The number of ether oxygens (including phenoxy) is 2. The number of pyridine rings is 1. The standard InChI is InChI=1S/C81H47B4N3O3/c89-81-51-40-61-69(90-71-42-53-73(46-22-4-1-5-23-46)49-28-10-12-30-55(49)82-57-32-14-18-36-63(57)87-65-38-20-16-34-59(65)84(61)77(71)79(87)75(53)82)44-67(51)86(48-26-8-3-9-27-48)68-45-70-62(41-52(68)81)85-60-35-17-21-39-66(60)88-64-37-19-15-33-58(64)83-56-31-13-11-29-50(56)74(47-24-6-2-7-25-47)54-43-72(91-70)78(85)80(88)76(54)83/h1-45,73-74H. The summed E-state index contributed by atoms with van der Waals surface area (Å²) in [7, 11) is 0. The molecule has 91 heavy (non-hydrogen) atoms. The largest absolute Gasteiger partial charge is 0.458 e. The maximum atomic E-state index is 16.5. The van der Waals surface area contributed by atoms with E-state index in [-0.39, 0.29) is 44.1 Å². The van der Waals surface area contributed by atoms with E-state index in [1.54, 1.807) is 0 Å². The molecule has 0 amide bonds. The van der Waals surface area contributed by atoms with Crippen LogP contribution in [0.3, 0.4) is 0 Å². The number of benzene rings is 13. The fourth-order valence-electron chi connectivity index (χ4n) is 18.4. The van der Waals surface area contributed by atoms with Crippen molar-refractivity contribution in [2.24, 2.45) is 0 Å². The van der Waals surface area contributed by atoms with Crippen LogP contribution in [0.4, 0.5) is 34.1 Å². The van der Waals surface area contributed by atoms with Gasteiger partial charge in [-0.05, 0) is 149 Å². The summed E-state index contributed by atoms with van der Waals surface area (Å²) in [6, 6.07) is 100. The molecule has 416 valence electrons. The van der Waals surface area contributed by atoms with Crippen molar-refractivity contribution in [1.29, 1.82) is 0 Å². The SMILES string of the molecule is O=c1c2cc3c(cc2n(-c2ccccc2)c2cc4c(cc12)B1c2ccccc2N2c5ccccc5B5c6ccccc6C(c6ccccc6)c6cc(c1c2c65)O4)Oc1cc2c4c5c1B3c1ccccc1N5c1ccccc1B4c1ccccc1C2c1ccccc1. The Bertz CT molecular complexity index is 5370. The second kappa shape index (κ2) is 17.6. The molecule has 1 aromatic heterocycles. The molecule has 0 radical (unpaired) electrons. The van der Waals surface area contributed by atoms with E-state index in [4.69, 9.17) is 9.47 Å². The Labute approximate surface area is 526 Å². The molecule has 2 unspecified atom stereocenters. The first-order valence-corrected chi connectivity index (χ1v) is 31.9. The smallest absolute Gasteiger partial charge is 0.256 e. The van der Waals surface area contributed by atoms with Crippen LogP contribution in [-0.4, -0.2) is 31.4 Å². The number of para-hydroxylation sites is 5. The molecule has 8 aliphatic heterocycles. The third kappa shape index (κ3) is 6.15. The highest BCUT2D eigenvalue weighted by atomic mass is 16.5. The number of rotatable bonds is 3. The summed E-state index contributed by atoms with van der Waals surface area (Å²) in [6.45, 7) is -0.486. The summed E-state index contributed by atoms with van der Waals surface area (Å²) in [5.41, 5.74) is 31.6. The van der Waals surface area contributed by atoms with Crippen molar-refractivity contribution in [2.45, 2.75) is 11.8 Å². The number of nitrogens with zero attached hydrogens (tertiary/aromatic N) is 3. The lowest BCUT2D eigenvalue weighted by molar-refractivity contribution is 0.487. The number of aromatic nitrogens is 1. The minimum absolute atomic E-state index is 0.00200. The van der Waals surface area contributed by atoms with Gasteiger partial charge >= 0.3 is 0 Å². The van der Waals surface area contributed by atoms with Crippen molar-refractivity contribution in [2.75, 3.05) is 9.80 Å². The van der Waals surface area contributed by atoms with Crippen LogP contribution in [0.5, 0.6) is 23.0 Å². The first-order chi connectivity index (χ1) is 45.1. The Morgan fingerprint density at radius 3 is 1.04 bits per heavy atom. The van der Waals surface area contributed by atoms with E-state index in [2.05, 4.69) is 287 Å². The second-order valence-corrected chi connectivity index (χ2v) is 25.9. The molecule has 0 fully saturated rings. The number of fused-ring (bicyclic) bond motifs is 22. The predicted octanol–water partition coefficient (Wildman–Crippen LogP) is 9.60. The third-order valence-electron chi connectivity index (χ3n) is 21.7. The Kier molecular flexibility index (Phi) is 9.41. The van der Waals surface area contributed by atoms with Crippen molar-refractivity contribution in [3.63, 3.8) is 0 Å². The van der Waals surface area contributed by atoms with Gasteiger partial charge in [-0.3, -0.25) is 4.79 Å². The van der Waals surface area contributed by atoms with Crippen LogP contribution in [0.1, 0.15) is 45.2 Å². The van der Waals surface area contributed by atoms with E-state index in [0.717, 1.165) is 72.9 Å². The third-order valence-corrected chi connectivity index (χ3v) is 21.7. The van der Waals surface area contributed by atoms with Crippen LogP contribution in [0.25, 0.3) is 27.5 Å². The quantitative estimate of drug-likeness (QED) is 0.130. The van der Waals surface area contributed by atoms with Crippen molar-refractivity contribution in [3.8, 4) is 28.7 Å². The molecule has 0 spiro atoms. The van der Waals surface area contributed by atoms with Gasteiger partial charge in [-0.25, -0.2) is 0 Å². The summed E-state index contributed by atoms with van der Waals surface area (Å²) in [4.78, 5) is 21.6. The van der Waals surface area contributed by atoms with Gasteiger partial charge in [-0.1, -0.05) is 211 Å². The van der Waals surface area contributed by atoms with Crippen LogP contribution < -0.4 is 90.3 Å². The highest BCUT2D eigenvalue weighted by Gasteiger charge is 2.54. The number of hydrogen-bond donors (Lipinski definition) is 0. The van der Waals surface area contributed by atoms with Crippen molar-refractivity contribution >= 4 is 148 Å². The first-order valence-electron chi connectivity index (χ1n) is 31.9. The number of anilines is 6. The Morgan fingerprint density at radius 1 is 0.297 bits per heavy atom. The van der Waals surface area contributed by atoms with Crippen LogP contribution in [0, 0.1) is 0 Å². The van der Waals surface area contributed by atoms with Gasteiger partial charge in [0.05, 0.1) is 11.0 Å². The van der Waals surface area contributed by atoms with E-state index < -0.39 is 0 Å². The van der Waals surface area contributed by atoms with Gasteiger partial charge in [-0.15, -0.1) is 0 Å². The summed E-state index contributed by atoms with van der Waals surface area (Å²) in [5.74, 6) is 3.11. The Morgan fingerprint density at radius 2 is 0.637 bits per heavy atom. The maximum Gasteiger partial charge on any atom is 0.256 e. The van der Waals surface area contributed by atoms with E-state index in [9.17, 15) is 0 Å². The molecule has 0 aliphatic carbocycles. The van der Waals surface area contributed by atoms with Crippen molar-refractivity contribution < 1.29 is 9.47 Å². The fourth-order valence-corrected chi connectivity index (χ4v) is 18.4. The lowest BCUT2D eigenvalue weighted by Crippen LogP contribution is -2.68. The average molecular weight is 1150 g/mol. The minimum atomic E-state index is -0.241. The van der Waals surface area contributed by atoms with Gasteiger partial charge in [0.1, 0.15) is 23.0 Å². The molecule has 0 N–H and O–H groups in total. The molecule has 0 saturated carbocycles. The van der Waals surface area contributed by atoms with Crippen molar-refractivity contribution in [3.05, 3.63) is 317 Å². The summed E-state index contributed by atoms with van der Waals surface area (Å²) < 4.78 is 17.5. The number of hydrogen-bond acceptors (Lipinski definition) is 5. The van der Waals surface area contributed by atoms with Crippen LogP contribution in [0.2, 0.25) is 0 Å². The highest BCUT2D eigenvalue weighted by Crippen LogP contribution is 2.50. The summed E-state index contributed by atoms with van der Waals surface area (Å²) in [6.07, 6.45) is 0. The molecule has 0 bridgehead atoms. The zero-order valence-electron chi connectivity index (χ0n) is 49.0. The minimum Gasteiger partial charge on any atom is -0.458 e. The van der Waals surface area contributed by atoms with Gasteiger partial charge in [0.15, 0.2) is 5.43 Å². The molecule has 8 aliphatic rings. The van der Waals surface area contributed by atoms with Crippen LogP contribution >= 0.6 is 0 Å². The lowest BCUT2D eigenvalue weighted by Gasteiger charge is -2.48. The first kappa shape index (κ1) is 48.8. The molecule has 6 nitrogen and oxygen atoms in total. The van der Waals surface area contributed by atoms with Crippen LogP contribution in [-0.2, 0) is 0 Å². The topological polar surface area (TPSA) is 46.9 Å². The lowest BCUT2D eigenvalue weighted by atomic mass is 9.27. The van der Waals surface area contributed by atoms with E-state index >= 15 is 4.79 Å². The second-order valence-electron chi connectivity index (χ2n) is 25.9. The predicted molar refractivity (Wildman–Crippen MR) is 376 cm³/mol. The Hall–Kier alpha value is -11.2. The molecule has 9 heterocycles. The molecule has 14 aromatic rings. The van der Waals surface area contributed by atoms with E-state index in [0.29, 0.717) is 10.8 Å². The molecule has 22 rings (SSSR count). The monoisotopic (exact) mass is 1150 g/mol. The van der Waals surface area contributed by atoms with Gasteiger partial charge in [0.25, 0.3) is 13.4 Å². The van der Waals surface area contributed by atoms with Gasteiger partial charge in [0.2, 0.25) is 13.4 Å². The van der Waals surface area contributed by atoms with Crippen molar-refractivity contribution in [1.82, 2.24) is 4.57 Å². The fraction of sp³-hybridized carbons (Fsp3) is 0.0247. The highest BCUT2D eigenvalue weighted by molar-refractivity contribution is 7.05. The molecule has 13 aromatic carbocycles. The zero-order valence-corrected chi connectivity index (χ0v) is 49.0.